The highest BCUT2D eigenvalue weighted by molar-refractivity contribution is 4.99. The van der Waals surface area contributed by atoms with Gasteiger partial charge in [-0.3, -0.25) is 0 Å². The van der Waals surface area contributed by atoms with Gasteiger partial charge in [0.2, 0.25) is 0 Å². The molecular formula is C12H22O5. The van der Waals surface area contributed by atoms with Gasteiger partial charge in [0, 0.05) is 0 Å². The molecule has 2 N–H and O–H groups in total. The Morgan fingerprint density at radius 3 is 2.29 bits per heavy atom. The zero-order valence-corrected chi connectivity index (χ0v) is 10.8. The van der Waals surface area contributed by atoms with Gasteiger partial charge in [-0.15, -0.1) is 0 Å². The summed E-state index contributed by atoms with van der Waals surface area (Å²) in [5.41, 5.74) is 0. The minimum absolute atomic E-state index is 0.165. The molecule has 0 radical (unpaired) electrons. The lowest BCUT2D eigenvalue weighted by molar-refractivity contribution is -0.207. The molecule has 0 amide bonds. The number of ether oxygens (including phenoxy) is 3. The van der Waals surface area contributed by atoms with Crippen molar-refractivity contribution in [2.75, 3.05) is 6.61 Å². The SMILES string of the molecule is CC(C)C1OC(CO)C(O)C2OC(C)(C)OC12. The van der Waals surface area contributed by atoms with Crippen LogP contribution in [0.25, 0.3) is 0 Å². The standard InChI is InChI=1S/C12H22O5/c1-6(2)9-11-10(16-12(3,4)17-11)8(14)7(5-13)15-9/h6-11,13-14H,5H2,1-4H3. The normalized spacial score (nSPS) is 45.0. The van der Waals surface area contributed by atoms with Crippen LogP contribution in [0, 0.1) is 5.92 Å². The molecule has 0 aromatic heterocycles. The summed E-state index contributed by atoms with van der Waals surface area (Å²) in [6, 6.07) is 0. The Morgan fingerprint density at radius 2 is 1.76 bits per heavy atom. The zero-order valence-electron chi connectivity index (χ0n) is 10.8. The van der Waals surface area contributed by atoms with Crippen molar-refractivity contribution in [2.24, 2.45) is 5.92 Å². The monoisotopic (exact) mass is 246 g/mol. The molecule has 0 aromatic carbocycles. The van der Waals surface area contributed by atoms with E-state index >= 15 is 0 Å². The van der Waals surface area contributed by atoms with E-state index < -0.39 is 24.1 Å². The minimum atomic E-state index is -0.846. The van der Waals surface area contributed by atoms with Crippen LogP contribution in [0.3, 0.4) is 0 Å². The van der Waals surface area contributed by atoms with E-state index in [2.05, 4.69) is 0 Å². The van der Waals surface area contributed by atoms with Crippen molar-refractivity contribution >= 4 is 0 Å². The Hall–Kier alpha value is -0.200. The molecule has 2 fully saturated rings. The molecule has 5 unspecified atom stereocenters. The summed E-state index contributed by atoms with van der Waals surface area (Å²) in [5, 5.41) is 19.3. The second-order valence-electron chi connectivity index (χ2n) is 5.62. The van der Waals surface area contributed by atoms with Gasteiger partial charge in [-0.25, -0.2) is 0 Å². The summed E-state index contributed by atoms with van der Waals surface area (Å²) >= 11 is 0. The highest BCUT2D eigenvalue weighted by atomic mass is 16.8. The average Bonchev–Trinajstić information content (AvgIpc) is 2.54. The molecule has 2 aliphatic rings. The second kappa shape index (κ2) is 4.48. The third-order valence-corrected chi connectivity index (χ3v) is 3.37. The summed E-state index contributed by atoms with van der Waals surface area (Å²) in [6.07, 6.45) is -2.31. The minimum Gasteiger partial charge on any atom is -0.394 e. The molecule has 5 atom stereocenters. The topological polar surface area (TPSA) is 68.2 Å². The van der Waals surface area contributed by atoms with Crippen LogP contribution >= 0.6 is 0 Å². The van der Waals surface area contributed by atoms with E-state index in [0.29, 0.717) is 0 Å². The molecule has 0 spiro atoms. The first-order valence-electron chi connectivity index (χ1n) is 6.16. The lowest BCUT2D eigenvalue weighted by Crippen LogP contribution is -2.58. The number of aliphatic hydroxyl groups is 2. The van der Waals surface area contributed by atoms with Crippen LogP contribution in [-0.2, 0) is 14.2 Å². The second-order valence-corrected chi connectivity index (χ2v) is 5.62. The van der Waals surface area contributed by atoms with Crippen molar-refractivity contribution in [3.8, 4) is 0 Å². The Labute approximate surface area is 102 Å². The molecule has 5 nitrogen and oxygen atoms in total. The van der Waals surface area contributed by atoms with Crippen molar-refractivity contribution in [2.45, 2.75) is 64.0 Å². The molecule has 2 aliphatic heterocycles. The van der Waals surface area contributed by atoms with Crippen molar-refractivity contribution in [1.29, 1.82) is 0 Å². The van der Waals surface area contributed by atoms with Gasteiger partial charge in [0.25, 0.3) is 0 Å². The zero-order chi connectivity index (χ0) is 12.8. The summed E-state index contributed by atoms with van der Waals surface area (Å²) < 4.78 is 17.2. The van der Waals surface area contributed by atoms with Crippen LogP contribution in [0.2, 0.25) is 0 Å². The quantitative estimate of drug-likeness (QED) is 0.732. The molecule has 100 valence electrons. The lowest BCUT2D eigenvalue weighted by Gasteiger charge is -2.41. The summed E-state index contributed by atoms with van der Waals surface area (Å²) in [5.74, 6) is -0.474. The number of fused-ring (bicyclic) bond motifs is 1. The van der Waals surface area contributed by atoms with E-state index in [1.165, 1.54) is 0 Å². The molecule has 5 heteroatoms. The molecular weight excluding hydrogens is 224 g/mol. The van der Waals surface area contributed by atoms with Crippen molar-refractivity contribution in [3.63, 3.8) is 0 Å². The van der Waals surface area contributed by atoms with Crippen molar-refractivity contribution < 1.29 is 24.4 Å². The summed E-state index contributed by atoms with van der Waals surface area (Å²) in [7, 11) is 0. The maximum atomic E-state index is 10.1. The van der Waals surface area contributed by atoms with Crippen LogP contribution in [0.1, 0.15) is 27.7 Å². The molecule has 0 aromatic rings. The van der Waals surface area contributed by atoms with E-state index in [4.69, 9.17) is 14.2 Å². The molecule has 2 rings (SSSR count). The van der Waals surface area contributed by atoms with Crippen LogP contribution in [0.15, 0.2) is 0 Å². The van der Waals surface area contributed by atoms with Crippen molar-refractivity contribution in [1.82, 2.24) is 0 Å². The van der Waals surface area contributed by atoms with Crippen LogP contribution in [-0.4, -0.2) is 53.1 Å². The van der Waals surface area contributed by atoms with Gasteiger partial charge in [0.05, 0.1) is 12.7 Å². The number of rotatable bonds is 2. The third-order valence-electron chi connectivity index (χ3n) is 3.37. The van der Waals surface area contributed by atoms with Gasteiger partial charge in [0.1, 0.15) is 24.4 Å². The first-order chi connectivity index (χ1) is 7.85. The molecule has 17 heavy (non-hydrogen) atoms. The first-order valence-corrected chi connectivity index (χ1v) is 6.16. The Balaban J connectivity index is 2.22. The van der Waals surface area contributed by atoms with Gasteiger partial charge in [-0.1, -0.05) is 13.8 Å². The Morgan fingerprint density at radius 1 is 1.18 bits per heavy atom. The van der Waals surface area contributed by atoms with Crippen molar-refractivity contribution in [3.05, 3.63) is 0 Å². The maximum Gasteiger partial charge on any atom is 0.164 e. The molecule has 2 heterocycles. The van der Waals surface area contributed by atoms with Gasteiger partial charge in [-0.2, -0.15) is 0 Å². The van der Waals surface area contributed by atoms with E-state index in [0.717, 1.165) is 0 Å². The van der Waals surface area contributed by atoms with E-state index in [-0.39, 0.29) is 24.7 Å². The lowest BCUT2D eigenvalue weighted by atomic mass is 9.90. The number of hydrogen-bond donors (Lipinski definition) is 2. The van der Waals surface area contributed by atoms with Gasteiger partial charge < -0.3 is 24.4 Å². The first kappa shape index (κ1) is 13.2. The van der Waals surface area contributed by atoms with Crippen LogP contribution in [0.5, 0.6) is 0 Å². The largest absolute Gasteiger partial charge is 0.394 e. The Kier molecular flexibility index (Phi) is 3.49. The van der Waals surface area contributed by atoms with Gasteiger partial charge in [0.15, 0.2) is 5.79 Å². The third kappa shape index (κ3) is 2.35. The van der Waals surface area contributed by atoms with Gasteiger partial charge in [-0.05, 0) is 19.8 Å². The fraction of sp³-hybridized carbons (Fsp3) is 1.00. The molecule has 0 saturated carbocycles. The predicted molar refractivity (Wildman–Crippen MR) is 60.4 cm³/mol. The fourth-order valence-electron chi connectivity index (χ4n) is 2.59. The van der Waals surface area contributed by atoms with E-state index in [9.17, 15) is 10.2 Å². The summed E-state index contributed by atoms with van der Waals surface area (Å²) in [4.78, 5) is 0. The molecule has 2 saturated heterocycles. The van der Waals surface area contributed by atoms with Crippen LogP contribution < -0.4 is 0 Å². The summed E-state index contributed by atoms with van der Waals surface area (Å²) in [6.45, 7) is 7.50. The maximum absolute atomic E-state index is 10.1. The van der Waals surface area contributed by atoms with E-state index in [1.54, 1.807) is 0 Å². The van der Waals surface area contributed by atoms with Crippen LogP contribution in [0.4, 0.5) is 0 Å². The molecule has 0 aliphatic carbocycles. The Bertz CT molecular complexity index is 278. The number of aliphatic hydroxyl groups excluding tert-OH is 2. The average molecular weight is 246 g/mol. The highest BCUT2D eigenvalue weighted by Crippen LogP contribution is 2.39. The molecule has 0 bridgehead atoms. The number of hydrogen-bond acceptors (Lipinski definition) is 5. The van der Waals surface area contributed by atoms with Gasteiger partial charge >= 0.3 is 0 Å². The predicted octanol–water partition coefficient (Wildman–Crippen LogP) is 0.283. The highest BCUT2D eigenvalue weighted by Gasteiger charge is 2.55. The smallest absolute Gasteiger partial charge is 0.164 e. The van der Waals surface area contributed by atoms with E-state index in [1.807, 2.05) is 27.7 Å². The fourth-order valence-corrected chi connectivity index (χ4v) is 2.59.